The van der Waals surface area contributed by atoms with Gasteiger partial charge in [-0.3, -0.25) is 0 Å². The van der Waals surface area contributed by atoms with Crippen LogP contribution >= 0.6 is 0 Å². The van der Waals surface area contributed by atoms with Crippen LogP contribution in [0.3, 0.4) is 0 Å². The van der Waals surface area contributed by atoms with Crippen LogP contribution in [-0.4, -0.2) is 13.6 Å². The molecule has 0 unspecified atom stereocenters. The minimum absolute atomic E-state index is 0.951. The van der Waals surface area contributed by atoms with E-state index < -0.39 is 0 Å². The first-order valence-electron chi connectivity index (χ1n) is 4.27. The first-order valence-corrected chi connectivity index (χ1v) is 4.27. The van der Waals surface area contributed by atoms with Gasteiger partial charge < -0.3 is 5.32 Å². The number of rotatable bonds is 4. The van der Waals surface area contributed by atoms with Crippen LogP contribution in [0.4, 0.5) is 0 Å². The van der Waals surface area contributed by atoms with E-state index in [-0.39, 0.29) is 0 Å². The second-order valence-corrected chi connectivity index (χ2v) is 2.72. The molecule has 0 aliphatic carbocycles. The molecule has 0 saturated carbocycles. The van der Waals surface area contributed by atoms with Crippen molar-refractivity contribution in [2.75, 3.05) is 13.6 Å². The number of hydrogen-bond donors (Lipinski definition) is 1. The van der Waals surface area contributed by atoms with Crippen molar-refractivity contribution >= 4 is 0 Å². The van der Waals surface area contributed by atoms with Crippen LogP contribution < -0.4 is 5.32 Å². The van der Waals surface area contributed by atoms with Gasteiger partial charge in [-0.1, -0.05) is 42.5 Å². The van der Waals surface area contributed by atoms with Crippen molar-refractivity contribution in [2.24, 2.45) is 0 Å². The lowest BCUT2D eigenvalue weighted by Crippen LogP contribution is -2.03. The van der Waals surface area contributed by atoms with Crippen LogP contribution in [0.2, 0.25) is 0 Å². The molecule has 0 bridgehead atoms. The molecule has 1 rings (SSSR count). The van der Waals surface area contributed by atoms with Gasteiger partial charge in [0, 0.05) is 6.54 Å². The number of allylic oxidation sites excluding steroid dienone is 1. The van der Waals surface area contributed by atoms with E-state index in [9.17, 15) is 0 Å². The molecule has 64 valence electrons. The molecule has 0 radical (unpaired) electrons. The lowest BCUT2D eigenvalue weighted by atomic mass is 10.1. The molecule has 0 atom stereocenters. The van der Waals surface area contributed by atoms with Crippen molar-refractivity contribution in [1.29, 1.82) is 0 Å². The van der Waals surface area contributed by atoms with Crippen LogP contribution in [0.1, 0.15) is 5.56 Å². The largest absolute Gasteiger partial charge is 0.316 e. The maximum atomic E-state index is 3.07. The van der Waals surface area contributed by atoms with E-state index >= 15 is 0 Å². The van der Waals surface area contributed by atoms with Crippen molar-refractivity contribution in [1.82, 2.24) is 5.32 Å². The van der Waals surface area contributed by atoms with E-state index in [2.05, 4.69) is 41.7 Å². The molecule has 1 aromatic rings. The van der Waals surface area contributed by atoms with Crippen LogP contribution in [0.15, 0.2) is 42.5 Å². The molecule has 0 fully saturated rings. The van der Waals surface area contributed by atoms with Crippen molar-refractivity contribution < 1.29 is 0 Å². The molecule has 1 aromatic carbocycles. The van der Waals surface area contributed by atoms with E-state index in [1.165, 1.54) is 5.56 Å². The highest BCUT2D eigenvalue weighted by Crippen LogP contribution is 1.99. The summed E-state index contributed by atoms with van der Waals surface area (Å²) in [6, 6.07) is 10.5. The first-order chi connectivity index (χ1) is 5.93. The Kier molecular flexibility index (Phi) is 4.17. The van der Waals surface area contributed by atoms with Gasteiger partial charge in [0.25, 0.3) is 0 Å². The molecule has 0 aliphatic heterocycles. The highest BCUT2D eigenvalue weighted by atomic mass is 14.8. The molecule has 1 nitrogen and oxygen atoms in total. The lowest BCUT2D eigenvalue weighted by Gasteiger charge is -1.93. The van der Waals surface area contributed by atoms with Crippen LogP contribution in [0.5, 0.6) is 0 Å². The van der Waals surface area contributed by atoms with Gasteiger partial charge in [-0.25, -0.2) is 0 Å². The fourth-order valence-electron chi connectivity index (χ4n) is 1.03. The summed E-state index contributed by atoms with van der Waals surface area (Å²) in [7, 11) is 1.95. The second-order valence-electron chi connectivity index (χ2n) is 2.72. The Labute approximate surface area is 74.1 Å². The summed E-state index contributed by atoms with van der Waals surface area (Å²) in [6.45, 7) is 0.951. The summed E-state index contributed by atoms with van der Waals surface area (Å²) < 4.78 is 0. The SMILES string of the molecule is CNCC=CCc1ccccc1. The Hall–Kier alpha value is -1.08. The molecule has 1 N–H and O–H groups in total. The van der Waals surface area contributed by atoms with E-state index in [0.717, 1.165) is 13.0 Å². The minimum atomic E-state index is 0.951. The van der Waals surface area contributed by atoms with Gasteiger partial charge in [0.15, 0.2) is 0 Å². The van der Waals surface area contributed by atoms with Gasteiger partial charge in [0.1, 0.15) is 0 Å². The van der Waals surface area contributed by atoms with Crippen LogP contribution in [0.25, 0.3) is 0 Å². The maximum absolute atomic E-state index is 3.07. The van der Waals surface area contributed by atoms with Crippen molar-refractivity contribution in [3.05, 3.63) is 48.0 Å². The zero-order chi connectivity index (χ0) is 8.65. The lowest BCUT2D eigenvalue weighted by molar-refractivity contribution is 0.916. The topological polar surface area (TPSA) is 12.0 Å². The van der Waals surface area contributed by atoms with Crippen molar-refractivity contribution in [3.63, 3.8) is 0 Å². The minimum Gasteiger partial charge on any atom is -0.316 e. The zero-order valence-electron chi connectivity index (χ0n) is 7.46. The van der Waals surface area contributed by atoms with Gasteiger partial charge in [0.05, 0.1) is 0 Å². The zero-order valence-corrected chi connectivity index (χ0v) is 7.46. The third-order valence-corrected chi connectivity index (χ3v) is 1.69. The molecule has 0 aromatic heterocycles. The third kappa shape index (κ3) is 3.35. The summed E-state index contributed by atoms with van der Waals surface area (Å²) in [4.78, 5) is 0. The van der Waals surface area contributed by atoms with E-state index in [1.807, 2.05) is 13.1 Å². The summed E-state index contributed by atoms with van der Waals surface area (Å²) in [5.74, 6) is 0. The standard InChI is InChI=1S/C11H15N/c1-12-10-6-5-9-11-7-3-2-4-8-11/h2-8,12H,9-10H2,1H3. The molecule has 0 heterocycles. The average molecular weight is 161 g/mol. The molecule has 0 amide bonds. The first kappa shape index (κ1) is 9.01. The summed E-state index contributed by atoms with van der Waals surface area (Å²) in [5.41, 5.74) is 1.37. The highest BCUT2D eigenvalue weighted by Gasteiger charge is 1.84. The molecular weight excluding hydrogens is 146 g/mol. The fraction of sp³-hybridized carbons (Fsp3) is 0.273. The van der Waals surface area contributed by atoms with Gasteiger partial charge in [-0.2, -0.15) is 0 Å². The molecule has 0 spiro atoms. The van der Waals surface area contributed by atoms with Crippen molar-refractivity contribution in [3.8, 4) is 0 Å². The molecule has 12 heavy (non-hydrogen) atoms. The Morgan fingerprint density at radius 3 is 2.58 bits per heavy atom. The van der Waals surface area contributed by atoms with Crippen molar-refractivity contribution in [2.45, 2.75) is 6.42 Å². The van der Waals surface area contributed by atoms with E-state index in [1.54, 1.807) is 0 Å². The predicted octanol–water partition coefficient (Wildman–Crippen LogP) is 2.00. The number of hydrogen-bond acceptors (Lipinski definition) is 1. The van der Waals surface area contributed by atoms with E-state index in [4.69, 9.17) is 0 Å². The van der Waals surface area contributed by atoms with E-state index in [0.29, 0.717) is 0 Å². The quantitative estimate of drug-likeness (QED) is 0.666. The Morgan fingerprint density at radius 1 is 1.17 bits per heavy atom. The van der Waals surface area contributed by atoms with Gasteiger partial charge in [-0.05, 0) is 19.0 Å². The summed E-state index contributed by atoms with van der Waals surface area (Å²) in [5, 5.41) is 3.07. The smallest absolute Gasteiger partial charge is 0.0131 e. The normalized spacial score (nSPS) is 10.8. The monoisotopic (exact) mass is 161 g/mol. The number of likely N-dealkylation sites (N-methyl/N-ethyl adjacent to an activating group) is 1. The number of benzene rings is 1. The summed E-state index contributed by atoms with van der Waals surface area (Å²) in [6.07, 6.45) is 5.36. The third-order valence-electron chi connectivity index (χ3n) is 1.69. The highest BCUT2D eigenvalue weighted by molar-refractivity contribution is 5.17. The molecular formula is C11H15N. The average Bonchev–Trinajstić information content (AvgIpc) is 2.14. The van der Waals surface area contributed by atoms with Gasteiger partial charge in [0.2, 0.25) is 0 Å². The number of nitrogens with one attached hydrogen (secondary N) is 1. The fourth-order valence-corrected chi connectivity index (χ4v) is 1.03. The van der Waals surface area contributed by atoms with Crippen LogP contribution in [-0.2, 0) is 6.42 Å². The molecule has 1 heteroatoms. The van der Waals surface area contributed by atoms with Gasteiger partial charge in [-0.15, -0.1) is 0 Å². The Balaban J connectivity index is 2.33. The summed E-state index contributed by atoms with van der Waals surface area (Å²) >= 11 is 0. The predicted molar refractivity (Wildman–Crippen MR) is 53.2 cm³/mol. The molecule has 0 saturated heterocycles. The van der Waals surface area contributed by atoms with Gasteiger partial charge >= 0.3 is 0 Å². The van der Waals surface area contributed by atoms with Crippen LogP contribution in [0, 0.1) is 0 Å². The molecule has 0 aliphatic rings. The Bertz CT molecular complexity index is 226. The second kappa shape index (κ2) is 5.56. The Morgan fingerprint density at radius 2 is 1.92 bits per heavy atom. The maximum Gasteiger partial charge on any atom is 0.0131 e.